The molecule has 12 nitrogen and oxygen atoms in total. The molecule has 18 heteroatoms. The quantitative estimate of drug-likeness (QED) is 0.227. The second-order valence-electron chi connectivity index (χ2n) is 10.7. The van der Waals surface area contributed by atoms with E-state index in [0.717, 1.165) is 6.20 Å². The third kappa shape index (κ3) is 6.79. The summed E-state index contributed by atoms with van der Waals surface area (Å²) >= 11 is 0. The topological polar surface area (TPSA) is 130 Å². The Bertz CT molecular complexity index is 1700. The number of halogens is 6. The number of piperidine rings is 2. The van der Waals surface area contributed by atoms with Crippen LogP contribution in [0, 0.1) is 0 Å². The Kier molecular flexibility index (Phi) is 9.25. The Balaban J connectivity index is 0.000000182. The number of carbonyl (C=O) groups excluding carboxylic acids is 1. The Hall–Kier alpha value is -4.64. The molecule has 4 aromatic heterocycles. The molecule has 2 aliphatic heterocycles. The molecule has 6 rings (SSSR count). The van der Waals surface area contributed by atoms with Gasteiger partial charge in [-0.25, -0.2) is 28.6 Å². The highest BCUT2D eigenvalue weighted by atomic mass is 19.4. The molecule has 2 atom stereocenters. The van der Waals surface area contributed by atoms with Crippen LogP contribution in [0.5, 0.6) is 0 Å². The second kappa shape index (κ2) is 13.0. The van der Waals surface area contributed by atoms with Crippen molar-refractivity contribution in [1.82, 2.24) is 29.2 Å². The van der Waals surface area contributed by atoms with Crippen LogP contribution < -0.4 is 9.80 Å². The number of nitrogens with zero attached hydrogens (tertiary/aromatic N) is 8. The number of anilines is 2. The fourth-order valence-electron chi connectivity index (χ4n) is 5.63. The van der Waals surface area contributed by atoms with E-state index >= 15 is 0 Å². The van der Waals surface area contributed by atoms with Crippen molar-refractivity contribution in [3.05, 3.63) is 48.0 Å². The van der Waals surface area contributed by atoms with E-state index in [2.05, 4.69) is 20.2 Å². The molecule has 4 aromatic rings. The summed E-state index contributed by atoms with van der Waals surface area (Å²) in [5.41, 5.74) is 0.232. The molecule has 0 saturated carbocycles. The summed E-state index contributed by atoms with van der Waals surface area (Å²) in [5.74, 6) is -1.50. The molecule has 0 bridgehead atoms. The number of carboxylic acids is 1. The van der Waals surface area contributed by atoms with Gasteiger partial charge < -0.3 is 19.6 Å². The lowest BCUT2D eigenvalue weighted by Crippen LogP contribution is -2.49. The number of hydrogen-bond acceptors (Lipinski definition) is 9. The predicted octanol–water partition coefficient (Wildman–Crippen LogP) is 5.18. The maximum absolute atomic E-state index is 13.3. The van der Waals surface area contributed by atoms with Crippen molar-refractivity contribution in [3.8, 4) is 0 Å². The number of aromatic carboxylic acids is 1. The van der Waals surface area contributed by atoms with Crippen LogP contribution in [-0.4, -0.2) is 90.4 Å². The van der Waals surface area contributed by atoms with Crippen LogP contribution in [0.3, 0.4) is 0 Å². The standard InChI is InChI=1S/C15H17F3N4O2.C13H13F3N4O2/c1-2-24-14(23)10-9-19-22-8-6-12(20-13(10)22)21-7-4-3-5-11(21)15(16,17)18;14-13(15,16)9-3-1-2-5-19(9)10-4-6-20-11(18-10)8(7-17-20)12(21)22/h6,8-9,11H,2-5,7H2,1H3;4,6-7,9H,1-3,5H2,(H,21,22). The molecule has 248 valence electrons. The summed E-state index contributed by atoms with van der Waals surface area (Å²) < 4.78 is 86.8. The van der Waals surface area contributed by atoms with Gasteiger partial charge in [-0.05, 0) is 57.6 Å². The first-order valence-electron chi connectivity index (χ1n) is 14.6. The van der Waals surface area contributed by atoms with E-state index in [1.807, 2.05) is 0 Å². The van der Waals surface area contributed by atoms with Crippen molar-refractivity contribution in [2.24, 2.45) is 0 Å². The highest BCUT2D eigenvalue weighted by Gasteiger charge is 2.46. The minimum absolute atomic E-state index is 0.0153. The molecule has 0 amide bonds. The monoisotopic (exact) mass is 656 g/mol. The summed E-state index contributed by atoms with van der Waals surface area (Å²) in [6.45, 7) is 2.38. The van der Waals surface area contributed by atoms with Crippen molar-refractivity contribution < 1.29 is 45.8 Å². The van der Waals surface area contributed by atoms with Crippen LogP contribution in [0.2, 0.25) is 0 Å². The van der Waals surface area contributed by atoms with Gasteiger partial charge in [0, 0.05) is 25.5 Å². The second-order valence-corrected chi connectivity index (χ2v) is 10.7. The Morgan fingerprint density at radius 1 is 0.804 bits per heavy atom. The van der Waals surface area contributed by atoms with Crippen molar-refractivity contribution in [2.45, 2.75) is 69.9 Å². The molecule has 2 saturated heterocycles. The first-order valence-corrected chi connectivity index (χ1v) is 14.6. The van der Waals surface area contributed by atoms with E-state index < -0.39 is 36.4 Å². The third-order valence-corrected chi connectivity index (χ3v) is 7.78. The number of esters is 1. The van der Waals surface area contributed by atoms with Gasteiger partial charge in [-0.3, -0.25) is 0 Å². The van der Waals surface area contributed by atoms with Crippen molar-refractivity contribution in [3.63, 3.8) is 0 Å². The zero-order chi connectivity index (χ0) is 33.2. The fraction of sp³-hybridized carbons (Fsp3) is 0.500. The molecule has 1 N–H and O–H groups in total. The van der Waals surface area contributed by atoms with Crippen LogP contribution in [0.4, 0.5) is 38.0 Å². The molecule has 6 heterocycles. The molecule has 0 spiro atoms. The number of carboxylic acid groups (broad SMARTS) is 1. The highest BCUT2D eigenvalue weighted by molar-refractivity contribution is 5.96. The number of fused-ring (bicyclic) bond motifs is 2. The van der Waals surface area contributed by atoms with E-state index in [0.29, 0.717) is 25.7 Å². The summed E-state index contributed by atoms with van der Waals surface area (Å²) in [6, 6.07) is -0.239. The van der Waals surface area contributed by atoms with Crippen LogP contribution in [0.25, 0.3) is 11.3 Å². The van der Waals surface area contributed by atoms with Crippen molar-refractivity contribution in [1.29, 1.82) is 0 Å². The minimum atomic E-state index is -4.34. The SMILES string of the molecule is CCOC(=O)c1cnn2ccc(N3CCCCC3C(F)(F)F)nc12.O=C(O)c1cnn2ccc(N3CCCCC3C(F)(F)F)nc12. The van der Waals surface area contributed by atoms with Crippen LogP contribution in [-0.2, 0) is 4.74 Å². The van der Waals surface area contributed by atoms with Crippen LogP contribution in [0.1, 0.15) is 66.2 Å². The first-order chi connectivity index (χ1) is 21.8. The first kappa shape index (κ1) is 32.7. The van der Waals surface area contributed by atoms with Gasteiger partial charge in [0.05, 0.1) is 19.0 Å². The van der Waals surface area contributed by atoms with Gasteiger partial charge in [-0.1, -0.05) is 0 Å². The molecule has 2 unspecified atom stereocenters. The van der Waals surface area contributed by atoms with Crippen LogP contribution >= 0.6 is 0 Å². The maximum atomic E-state index is 13.3. The molecule has 46 heavy (non-hydrogen) atoms. The molecule has 2 fully saturated rings. The molecule has 0 aromatic carbocycles. The van der Waals surface area contributed by atoms with Gasteiger partial charge >= 0.3 is 24.3 Å². The average molecular weight is 657 g/mol. The van der Waals surface area contributed by atoms with Crippen LogP contribution in [0.15, 0.2) is 36.9 Å². The zero-order valence-corrected chi connectivity index (χ0v) is 24.5. The van der Waals surface area contributed by atoms with Crippen molar-refractivity contribution >= 4 is 34.9 Å². The number of alkyl halides is 6. The summed E-state index contributed by atoms with van der Waals surface area (Å²) in [4.78, 5) is 33.8. The zero-order valence-electron chi connectivity index (χ0n) is 24.5. The smallest absolute Gasteiger partial charge is 0.408 e. The van der Waals surface area contributed by atoms with Gasteiger partial charge in [0.25, 0.3) is 0 Å². The summed E-state index contributed by atoms with van der Waals surface area (Å²) in [7, 11) is 0. The van der Waals surface area contributed by atoms with E-state index in [-0.39, 0.29) is 66.6 Å². The van der Waals surface area contributed by atoms with E-state index in [4.69, 9.17) is 9.84 Å². The normalized spacial score (nSPS) is 19.2. The Morgan fingerprint density at radius 2 is 1.26 bits per heavy atom. The lowest BCUT2D eigenvalue weighted by molar-refractivity contribution is -0.153. The number of rotatable bonds is 5. The average Bonchev–Trinajstić information content (AvgIpc) is 3.65. The van der Waals surface area contributed by atoms with Gasteiger partial charge in [0.1, 0.15) is 34.8 Å². The van der Waals surface area contributed by atoms with E-state index in [9.17, 15) is 35.9 Å². The number of hydrogen-bond donors (Lipinski definition) is 1. The number of ether oxygens (including phenoxy) is 1. The highest BCUT2D eigenvalue weighted by Crippen LogP contribution is 2.36. The van der Waals surface area contributed by atoms with Crippen molar-refractivity contribution in [2.75, 3.05) is 29.5 Å². The predicted molar refractivity (Wildman–Crippen MR) is 151 cm³/mol. The molecule has 0 aliphatic carbocycles. The third-order valence-electron chi connectivity index (χ3n) is 7.78. The van der Waals surface area contributed by atoms with Gasteiger partial charge in [-0.15, -0.1) is 0 Å². The van der Waals surface area contributed by atoms with Gasteiger partial charge in [0.2, 0.25) is 0 Å². The lowest BCUT2D eigenvalue weighted by atomic mass is 10.0. The molecular weight excluding hydrogens is 626 g/mol. The molecular formula is C28H30F6N8O4. The fourth-order valence-corrected chi connectivity index (χ4v) is 5.63. The van der Waals surface area contributed by atoms with E-state index in [1.165, 1.54) is 49.6 Å². The minimum Gasteiger partial charge on any atom is -0.477 e. The molecule has 2 aliphatic rings. The van der Waals surface area contributed by atoms with E-state index in [1.54, 1.807) is 6.92 Å². The summed E-state index contributed by atoms with van der Waals surface area (Å²) in [5, 5.41) is 16.9. The van der Waals surface area contributed by atoms with Gasteiger partial charge in [0.15, 0.2) is 11.3 Å². The largest absolute Gasteiger partial charge is 0.477 e. The number of aromatic nitrogens is 6. The number of carbonyl (C=O) groups is 2. The summed E-state index contributed by atoms with van der Waals surface area (Å²) in [6.07, 6.45) is -0.889. The van der Waals surface area contributed by atoms with Gasteiger partial charge in [-0.2, -0.15) is 36.5 Å². The molecule has 0 radical (unpaired) electrons. The lowest BCUT2D eigenvalue weighted by Gasteiger charge is -2.37. The Morgan fingerprint density at radius 3 is 1.70 bits per heavy atom. The Labute approximate surface area is 257 Å². The maximum Gasteiger partial charge on any atom is 0.408 e.